The highest BCUT2D eigenvalue weighted by Crippen LogP contribution is 2.13. The van der Waals surface area contributed by atoms with Gasteiger partial charge in [0.1, 0.15) is 6.61 Å². The standard InChI is InChI=1S/C20H20N2O5/c1-15(23)19(21-13-5-8-16-6-3-2-4-7-16)20(24)27-14-17-9-11-18(12-10-17)22(25)26/h2-13,15,19,23H,14H2,1H3. The van der Waals surface area contributed by atoms with Gasteiger partial charge in [-0.2, -0.15) is 0 Å². The van der Waals surface area contributed by atoms with Gasteiger partial charge in [-0.3, -0.25) is 15.1 Å². The number of hydrogen-bond donors (Lipinski definition) is 1. The normalized spacial score (nSPS) is 13.6. The van der Waals surface area contributed by atoms with Gasteiger partial charge in [0.15, 0.2) is 6.04 Å². The fraction of sp³-hybridized carbons (Fsp3) is 0.200. The molecule has 0 saturated carbocycles. The summed E-state index contributed by atoms with van der Waals surface area (Å²) in [5.41, 5.74) is 1.55. The van der Waals surface area contributed by atoms with E-state index in [-0.39, 0.29) is 12.3 Å². The fourth-order valence-electron chi connectivity index (χ4n) is 2.20. The lowest BCUT2D eigenvalue weighted by Crippen LogP contribution is -2.32. The van der Waals surface area contributed by atoms with Gasteiger partial charge in [0.25, 0.3) is 5.69 Å². The van der Waals surface area contributed by atoms with Crippen molar-refractivity contribution in [2.75, 3.05) is 0 Å². The lowest BCUT2D eigenvalue weighted by molar-refractivity contribution is -0.384. The molecule has 7 heteroatoms. The molecule has 0 amide bonds. The number of rotatable bonds is 8. The summed E-state index contributed by atoms with van der Waals surface area (Å²) in [7, 11) is 0. The molecule has 0 spiro atoms. The summed E-state index contributed by atoms with van der Waals surface area (Å²) in [5, 5.41) is 20.4. The van der Waals surface area contributed by atoms with Gasteiger partial charge in [0, 0.05) is 18.3 Å². The van der Waals surface area contributed by atoms with E-state index in [1.54, 1.807) is 6.08 Å². The minimum Gasteiger partial charge on any atom is -0.459 e. The number of ether oxygens (including phenoxy) is 1. The van der Waals surface area contributed by atoms with E-state index >= 15 is 0 Å². The molecule has 0 radical (unpaired) electrons. The van der Waals surface area contributed by atoms with Crippen LogP contribution < -0.4 is 0 Å². The molecule has 0 bridgehead atoms. The summed E-state index contributed by atoms with van der Waals surface area (Å²) in [6.45, 7) is 1.39. The molecule has 0 aliphatic rings. The van der Waals surface area contributed by atoms with Gasteiger partial charge in [-0.15, -0.1) is 0 Å². The number of nitro groups is 1. The quantitative estimate of drug-likeness (QED) is 0.334. The Labute approximate surface area is 156 Å². The maximum atomic E-state index is 12.2. The Kier molecular flexibility index (Phi) is 7.39. The van der Waals surface area contributed by atoms with Gasteiger partial charge in [-0.1, -0.05) is 36.4 Å². The van der Waals surface area contributed by atoms with E-state index in [1.165, 1.54) is 37.4 Å². The first-order valence-corrected chi connectivity index (χ1v) is 8.30. The predicted molar refractivity (Wildman–Crippen MR) is 102 cm³/mol. The van der Waals surface area contributed by atoms with Gasteiger partial charge < -0.3 is 9.84 Å². The highest BCUT2D eigenvalue weighted by Gasteiger charge is 2.23. The van der Waals surface area contributed by atoms with Crippen molar-refractivity contribution in [2.45, 2.75) is 25.7 Å². The third kappa shape index (κ3) is 6.48. The Balaban J connectivity index is 1.93. The molecule has 1 N–H and O–H groups in total. The van der Waals surface area contributed by atoms with Crippen LogP contribution in [0.2, 0.25) is 0 Å². The summed E-state index contributed by atoms with van der Waals surface area (Å²) < 4.78 is 5.16. The van der Waals surface area contributed by atoms with Crippen molar-refractivity contribution < 1.29 is 19.6 Å². The van der Waals surface area contributed by atoms with Crippen LogP contribution in [0.5, 0.6) is 0 Å². The number of carbonyl (C=O) groups is 1. The second-order valence-electron chi connectivity index (χ2n) is 5.78. The van der Waals surface area contributed by atoms with Crippen molar-refractivity contribution >= 4 is 23.9 Å². The molecule has 2 atom stereocenters. The topological polar surface area (TPSA) is 102 Å². The van der Waals surface area contributed by atoms with Crippen LogP contribution in [-0.2, 0) is 16.1 Å². The number of hydrogen-bond acceptors (Lipinski definition) is 6. The first-order valence-electron chi connectivity index (χ1n) is 8.30. The average Bonchev–Trinajstić information content (AvgIpc) is 2.67. The number of nitro benzene ring substituents is 1. The number of allylic oxidation sites excluding steroid dienone is 1. The Bertz CT molecular complexity index is 814. The molecule has 2 rings (SSSR count). The number of aliphatic imine (C=N–C) groups is 1. The van der Waals surface area contributed by atoms with Crippen molar-refractivity contribution in [3.05, 3.63) is 81.9 Å². The van der Waals surface area contributed by atoms with Crippen LogP contribution in [0.15, 0.2) is 65.7 Å². The van der Waals surface area contributed by atoms with E-state index in [4.69, 9.17) is 4.74 Å². The van der Waals surface area contributed by atoms with E-state index in [0.29, 0.717) is 5.56 Å². The highest BCUT2D eigenvalue weighted by molar-refractivity contribution is 5.83. The molecule has 0 aromatic heterocycles. The van der Waals surface area contributed by atoms with Crippen LogP contribution in [0, 0.1) is 10.1 Å². The van der Waals surface area contributed by atoms with E-state index < -0.39 is 23.0 Å². The van der Waals surface area contributed by atoms with E-state index in [0.717, 1.165) is 5.56 Å². The van der Waals surface area contributed by atoms with Crippen LogP contribution in [-0.4, -0.2) is 34.4 Å². The van der Waals surface area contributed by atoms with E-state index in [1.807, 2.05) is 36.4 Å². The second kappa shape index (κ2) is 9.98. The number of non-ortho nitro benzene ring substituents is 1. The van der Waals surface area contributed by atoms with Crippen molar-refractivity contribution in [3.63, 3.8) is 0 Å². The van der Waals surface area contributed by atoms with Crippen LogP contribution >= 0.6 is 0 Å². The zero-order valence-electron chi connectivity index (χ0n) is 14.8. The summed E-state index contributed by atoms with van der Waals surface area (Å²) in [4.78, 5) is 26.4. The molecule has 0 saturated heterocycles. The first-order chi connectivity index (χ1) is 13.0. The molecular formula is C20H20N2O5. The molecular weight excluding hydrogens is 348 g/mol. The molecule has 2 unspecified atom stereocenters. The average molecular weight is 368 g/mol. The minimum absolute atomic E-state index is 0.0401. The summed E-state index contributed by atoms with van der Waals surface area (Å²) in [6.07, 6.45) is 3.92. The zero-order valence-corrected chi connectivity index (χ0v) is 14.8. The highest BCUT2D eigenvalue weighted by atomic mass is 16.6. The van der Waals surface area contributed by atoms with Crippen LogP contribution in [0.3, 0.4) is 0 Å². The van der Waals surface area contributed by atoms with Crippen molar-refractivity contribution in [2.24, 2.45) is 4.99 Å². The Hall–Kier alpha value is -3.32. The van der Waals surface area contributed by atoms with Crippen molar-refractivity contribution in [1.29, 1.82) is 0 Å². The van der Waals surface area contributed by atoms with E-state index in [2.05, 4.69) is 4.99 Å². The van der Waals surface area contributed by atoms with E-state index in [9.17, 15) is 20.0 Å². The summed E-state index contributed by atoms with van der Waals surface area (Å²) in [6, 6.07) is 14.2. The zero-order chi connectivity index (χ0) is 19.6. The number of aliphatic hydroxyl groups is 1. The Morgan fingerprint density at radius 1 is 1.22 bits per heavy atom. The number of aliphatic hydroxyl groups excluding tert-OH is 1. The maximum absolute atomic E-state index is 12.2. The number of carbonyl (C=O) groups excluding carboxylic acids is 1. The summed E-state index contributed by atoms with van der Waals surface area (Å²) >= 11 is 0. The minimum atomic E-state index is -1.05. The van der Waals surface area contributed by atoms with Gasteiger partial charge in [0.2, 0.25) is 0 Å². The fourth-order valence-corrected chi connectivity index (χ4v) is 2.20. The third-order valence-electron chi connectivity index (χ3n) is 3.65. The Morgan fingerprint density at radius 2 is 1.89 bits per heavy atom. The lowest BCUT2D eigenvalue weighted by atomic mass is 10.2. The van der Waals surface area contributed by atoms with Gasteiger partial charge in [-0.05, 0) is 36.3 Å². The van der Waals surface area contributed by atoms with Crippen LogP contribution in [0.25, 0.3) is 6.08 Å². The molecule has 0 fully saturated rings. The van der Waals surface area contributed by atoms with Crippen LogP contribution in [0.4, 0.5) is 5.69 Å². The number of esters is 1. The molecule has 7 nitrogen and oxygen atoms in total. The summed E-state index contributed by atoms with van der Waals surface area (Å²) in [5.74, 6) is -0.673. The molecule has 0 heterocycles. The van der Waals surface area contributed by atoms with Crippen molar-refractivity contribution in [1.82, 2.24) is 0 Å². The third-order valence-corrected chi connectivity index (χ3v) is 3.65. The molecule has 0 aliphatic heterocycles. The van der Waals surface area contributed by atoms with Gasteiger partial charge >= 0.3 is 5.97 Å². The largest absolute Gasteiger partial charge is 0.459 e. The van der Waals surface area contributed by atoms with Crippen LogP contribution in [0.1, 0.15) is 18.1 Å². The molecule has 140 valence electrons. The molecule has 2 aromatic carbocycles. The second-order valence-corrected chi connectivity index (χ2v) is 5.78. The number of benzene rings is 2. The maximum Gasteiger partial charge on any atom is 0.333 e. The number of nitrogens with zero attached hydrogens (tertiary/aromatic N) is 2. The molecule has 27 heavy (non-hydrogen) atoms. The van der Waals surface area contributed by atoms with Gasteiger partial charge in [0.05, 0.1) is 11.0 Å². The van der Waals surface area contributed by atoms with Crippen molar-refractivity contribution in [3.8, 4) is 0 Å². The SMILES string of the molecule is CC(O)C(N=CC=Cc1ccccc1)C(=O)OCc1ccc([N+](=O)[O-])cc1. The Morgan fingerprint density at radius 3 is 2.48 bits per heavy atom. The first kappa shape index (κ1) is 20.0. The monoisotopic (exact) mass is 368 g/mol. The van der Waals surface area contributed by atoms with Gasteiger partial charge in [-0.25, -0.2) is 4.79 Å². The molecule has 2 aromatic rings. The lowest BCUT2D eigenvalue weighted by Gasteiger charge is -2.14. The predicted octanol–water partition coefficient (Wildman–Crippen LogP) is 3.17. The smallest absolute Gasteiger partial charge is 0.333 e. The molecule has 0 aliphatic carbocycles.